The van der Waals surface area contributed by atoms with Gasteiger partial charge in [-0.25, -0.2) is 9.97 Å². The molecule has 0 bridgehead atoms. The molecule has 1 aromatic carbocycles. The van der Waals surface area contributed by atoms with Gasteiger partial charge in [0.1, 0.15) is 11.5 Å². The first kappa shape index (κ1) is 16.3. The van der Waals surface area contributed by atoms with E-state index in [1.807, 2.05) is 0 Å². The number of nitrogens with zero attached hydrogens (tertiary/aromatic N) is 2. The summed E-state index contributed by atoms with van der Waals surface area (Å²) in [5.74, 6) is 1.38. The third kappa shape index (κ3) is 4.19. The Morgan fingerprint density at radius 2 is 2.00 bits per heavy atom. The van der Waals surface area contributed by atoms with Crippen molar-refractivity contribution < 1.29 is 14.3 Å². The third-order valence-corrected chi connectivity index (χ3v) is 2.98. The number of anilines is 2. The summed E-state index contributed by atoms with van der Waals surface area (Å²) in [6.45, 7) is 3.93. The molecule has 0 fully saturated rings. The van der Waals surface area contributed by atoms with E-state index in [4.69, 9.17) is 9.47 Å². The molecule has 0 saturated heterocycles. The molecular formula is C16H18N4O3. The van der Waals surface area contributed by atoms with Gasteiger partial charge in [0, 0.05) is 25.0 Å². The van der Waals surface area contributed by atoms with Gasteiger partial charge >= 0.3 is 0 Å². The van der Waals surface area contributed by atoms with E-state index in [1.165, 1.54) is 12.4 Å². The monoisotopic (exact) mass is 314 g/mol. The van der Waals surface area contributed by atoms with Crippen LogP contribution in [0.15, 0.2) is 43.2 Å². The highest BCUT2D eigenvalue weighted by atomic mass is 16.5. The molecule has 0 radical (unpaired) electrons. The molecule has 0 aliphatic heterocycles. The van der Waals surface area contributed by atoms with E-state index in [0.717, 1.165) is 0 Å². The van der Waals surface area contributed by atoms with Crippen LogP contribution in [0.5, 0.6) is 11.5 Å². The van der Waals surface area contributed by atoms with Gasteiger partial charge in [0.2, 0.25) is 5.95 Å². The van der Waals surface area contributed by atoms with E-state index < -0.39 is 0 Å². The highest BCUT2D eigenvalue weighted by molar-refractivity contribution is 5.93. The summed E-state index contributed by atoms with van der Waals surface area (Å²) in [4.78, 5) is 20.0. The van der Waals surface area contributed by atoms with Gasteiger partial charge in [-0.05, 0) is 12.1 Å². The molecule has 0 aliphatic rings. The summed E-state index contributed by atoms with van der Waals surface area (Å²) in [5.41, 5.74) is 1.07. The fourth-order valence-electron chi connectivity index (χ4n) is 1.80. The van der Waals surface area contributed by atoms with Crippen molar-refractivity contribution in [2.24, 2.45) is 0 Å². The zero-order chi connectivity index (χ0) is 16.7. The van der Waals surface area contributed by atoms with Crippen LogP contribution in [0.2, 0.25) is 0 Å². The van der Waals surface area contributed by atoms with Gasteiger partial charge in [0.25, 0.3) is 5.91 Å². The average molecular weight is 314 g/mol. The molecule has 1 heterocycles. The Morgan fingerprint density at radius 1 is 1.26 bits per heavy atom. The maximum atomic E-state index is 11.8. The summed E-state index contributed by atoms with van der Waals surface area (Å²) in [5, 5.41) is 5.69. The van der Waals surface area contributed by atoms with E-state index in [0.29, 0.717) is 35.2 Å². The third-order valence-electron chi connectivity index (χ3n) is 2.98. The highest BCUT2D eigenvalue weighted by Gasteiger charge is 2.09. The Balaban J connectivity index is 2.12. The maximum Gasteiger partial charge on any atom is 0.254 e. The van der Waals surface area contributed by atoms with Crippen LogP contribution in [0.4, 0.5) is 11.6 Å². The molecule has 7 nitrogen and oxygen atoms in total. The molecule has 0 spiro atoms. The van der Waals surface area contributed by atoms with Crippen molar-refractivity contribution in [1.29, 1.82) is 0 Å². The second-order valence-electron chi connectivity index (χ2n) is 4.49. The van der Waals surface area contributed by atoms with Crippen molar-refractivity contribution in [3.05, 3.63) is 48.8 Å². The number of nitrogens with one attached hydrogen (secondary N) is 2. The largest absolute Gasteiger partial charge is 0.497 e. The quantitative estimate of drug-likeness (QED) is 0.762. The summed E-state index contributed by atoms with van der Waals surface area (Å²) in [6, 6.07) is 5.34. The second-order valence-corrected chi connectivity index (χ2v) is 4.49. The van der Waals surface area contributed by atoms with Crippen molar-refractivity contribution in [3.63, 3.8) is 0 Å². The SMILES string of the molecule is C=CCNC(=O)c1cnc(Nc2ccc(OC)cc2OC)nc1. The van der Waals surface area contributed by atoms with Crippen LogP contribution in [0.1, 0.15) is 10.4 Å². The number of hydrogen-bond acceptors (Lipinski definition) is 6. The zero-order valence-electron chi connectivity index (χ0n) is 13.0. The molecule has 120 valence electrons. The molecule has 2 aromatic rings. The van der Waals surface area contributed by atoms with Gasteiger partial charge < -0.3 is 20.1 Å². The Kier molecular flexibility index (Phi) is 5.51. The van der Waals surface area contributed by atoms with E-state index in [1.54, 1.807) is 38.5 Å². The Bertz CT molecular complexity index is 686. The lowest BCUT2D eigenvalue weighted by Crippen LogP contribution is -2.23. The Morgan fingerprint density at radius 3 is 2.61 bits per heavy atom. The van der Waals surface area contributed by atoms with E-state index in [9.17, 15) is 4.79 Å². The fourth-order valence-corrected chi connectivity index (χ4v) is 1.80. The minimum Gasteiger partial charge on any atom is -0.497 e. The van der Waals surface area contributed by atoms with E-state index in [-0.39, 0.29) is 5.91 Å². The molecule has 0 aliphatic carbocycles. The Hall–Kier alpha value is -3.09. The average Bonchev–Trinajstić information content (AvgIpc) is 2.60. The summed E-state index contributed by atoms with van der Waals surface area (Å²) < 4.78 is 10.4. The van der Waals surface area contributed by atoms with Gasteiger partial charge in [-0.1, -0.05) is 6.08 Å². The fraction of sp³-hybridized carbons (Fsp3) is 0.188. The van der Waals surface area contributed by atoms with Crippen molar-refractivity contribution >= 4 is 17.5 Å². The first-order valence-corrected chi connectivity index (χ1v) is 6.88. The van der Waals surface area contributed by atoms with Gasteiger partial charge in [-0.2, -0.15) is 0 Å². The first-order chi connectivity index (χ1) is 11.2. The molecule has 0 atom stereocenters. The number of amides is 1. The normalized spacial score (nSPS) is 9.83. The zero-order valence-corrected chi connectivity index (χ0v) is 13.0. The highest BCUT2D eigenvalue weighted by Crippen LogP contribution is 2.30. The predicted octanol–water partition coefficient (Wildman–Crippen LogP) is 2.15. The van der Waals surface area contributed by atoms with Crippen LogP contribution in [-0.2, 0) is 0 Å². The minimum atomic E-state index is -0.251. The lowest BCUT2D eigenvalue weighted by molar-refractivity contribution is 0.0957. The molecule has 1 amide bonds. The smallest absolute Gasteiger partial charge is 0.254 e. The molecule has 23 heavy (non-hydrogen) atoms. The van der Waals surface area contributed by atoms with Crippen LogP contribution < -0.4 is 20.1 Å². The summed E-state index contributed by atoms with van der Waals surface area (Å²) >= 11 is 0. The van der Waals surface area contributed by atoms with Crippen LogP contribution in [0.25, 0.3) is 0 Å². The van der Waals surface area contributed by atoms with Crippen molar-refractivity contribution in [2.45, 2.75) is 0 Å². The summed E-state index contributed by atoms with van der Waals surface area (Å²) in [6.07, 6.45) is 4.50. The maximum absolute atomic E-state index is 11.8. The van der Waals surface area contributed by atoms with Crippen LogP contribution in [-0.4, -0.2) is 36.6 Å². The number of methoxy groups -OCH3 is 2. The predicted molar refractivity (Wildman–Crippen MR) is 87.4 cm³/mol. The lowest BCUT2D eigenvalue weighted by atomic mass is 10.2. The molecule has 2 N–H and O–H groups in total. The number of ether oxygens (including phenoxy) is 2. The van der Waals surface area contributed by atoms with Crippen LogP contribution in [0.3, 0.4) is 0 Å². The van der Waals surface area contributed by atoms with Crippen molar-refractivity contribution in [3.8, 4) is 11.5 Å². The van der Waals surface area contributed by atoms with E-state index in [2.05, 4.69) is 27.2 Å². The minimum absolute atomic E-state index is 0.251. The number of benzene rings is 1. The molecule has 1 aromatic heterocycles. The van der Waals surface area contributed by atoms with Crippen LogP contribution in [0, 0.1) is 0 Å². The number of aromatic nitrogens is 2. The van der Waals surface area contributed by atoms with Crippen molar-refractivity contribution in [2.75, 3.05) is 26.1 Å². The molecule has 0 saturated carbocycles. The number of hydrogen-bond donors (Lipinski definition) is 2. The van der Waals surface area contributed by atoms with Gasteiger partial charge in [0.15, 0.2) is 0 Å². The second kappa shape index (κ2) is 7.79. The standard InChI is InChI=1S/C16H18N4O3/c1-4-7-17-15(21)11-9-18-16(19-10-11)20-13-6-5-12(22-2)8-14(13)23-3/h4-6,8-10H,1,7H2,2-3H3,(H,17,21)(H,18,19,20). The number of rotatable bonds is 7. The van der Waals surface area contributed by atoms with Gasteiger partial charge in [-0.15, -0.1) is 6.58 Å². The molecular weight excluding hydrogens is 296 g/mol. The van der Waals surface area contributed by atoms with Crippen LogP contribution >= 0.6 is 0 Å². The summed E-state index contributed by atoms with van der Waals surface area (Å²) in [7, 11) is 3.15. The number of carbonyl (C=O) groups is 1. The molecule has 2 rings (SSSR count). The van der Waals surface area contributed by atoms with Gasteiger partial charge in [-0.3, -0.25) is 4.79 Å². The topological polar surface area (TPSA) is 85.4 Å². The van der Waals surface area contributed by atoms with E-state index >= 15 is 0 Å². The Labute approximate surface area is 134 Å². The molecule has 7 heteroatoms. The molecule has 0 unspecified atom stereocenters. The lowest BCUT2D eigenvalue weighted by Gasteiger charge is -2.11. The van der Waals surface area contributed by atoms with Gasteiger partial charge in [0.05, 0.1) is 25.5 Å². The van der Waals surface area contributed by atoms with Crippen molar-refractivity contribution in [1.82, 2.24) is 15.3 Å². The number of carbonyl (C=O) groups excluding carboxylic acids is 1. The first-order valence-electron chi connectivity index (χ1n) is 6.88.